The molecule has 15 nitrogen and oxygen atoms in total. The number of halogens is 8. The molecule has 1 saturated heterocycles. The predicted molar refractivity (Wildman–Crippen MR) is 545 cm³/mol. The molecular formula is C110H76Br8O15. The van der Waals surface area contributed by atoms with Crippen LogP contribution in [0.3, 0.4) is 0 Å². The zero-order valence-electron chi connectivity index (χ0n) is 70.1. The van der Waals surface area contributed by atoms with Crippen LogP contribution in [0.4, 0.5) is 0 Å². The van der Waals surface area contributed by atoms with E-state index in [1.165, 1.54) is 33.4 Å². The largest absolute Gasteiger partial charge is 0.481 e. The molecule has 3 N–H and O–H groups in total. The third-order valence-corrected chi connectivity index (χ3v) is 29.4. The van der Waals surface area contributed by atoms with Crippen molar-refractivity contribution < 1.29 is 72.0 Å². The van der Waals surface area contributed by atoms with Crippen LogP contribution in [-0.4, -0.2) is 58.3 Å². The second-order valence-corrected chi connectivity index (χ2v) is 39.3. The standard InChI is InChI=1S/C18H13BrO2.C18H11BrO2.C14H9Br3O.C14H9BrO3.C14H11BrO2.C14H9BrO.C14H10O3.C4H4O/c2*19-10-5-6-14-12(9-10)18-16-8-7-15(21-16)17(18)11-3-1-2-4-13(11)20-14;15-8-5-6-12-10(7-8)14(17)13(16)9-3-1-2-4-11(9)18-12;15-8-5-6-12-10(7-8)13(14(16)17)9-3-1-2-4-11(9)18-12;15-9-5-6-14-11(7-9)12(8-16)10-3-1-2-4-13(10)17-14;15-12-7-8-14-11(9-12)6-5-10-3-1-2-4-13(10)16-14;15-14(16)13-9-5-1-3-7-11(9)17-12-8-4-2-6-10(12)13;1-2-4-5-3-1/h1-6,9,15-16H,7-8H2;1-9,15-16H;1-7,13-14H;1-7,13H,(H,16,17);1-7,12,16H,8H2;1-9H;1-8,13H,(H,15,16);1-4H. The lowest BCUT2D eigenvalue weighted by atomic mass is 9.84. The number of carboxylic acid groups (broad SMARTS) is 2. The van der Waals surface area contributed by atoms with Gasteiger partial charge in [-0.2, -0.15) is 0 Å². The Morgan fingerprint density at radius 3 is 1.11 bits per heavy atom. The van der Waals surface area contributed by atoms with Gasteiger partial charge in [0.25, 0.3) is 0 Å². The minimum atomic E-state index is -0.870. The van der Waals surface area contributed by atoms with Gasteiger partial charge in [0.2, 0.25) is 0 Å². The zero-order chi connectivity index (χ0) is 91.5. The Kier molecular flexibility index (Phi) is 27.6. The molecule has 26 rings (SSSR count). The summed E-state index contributed by atoms with van der Waals surface area (Å²) < 4.78 is 64.4. The van der Waals surface area contributed by atoms with Gasteiger partial charge in [-0.05, 0) is 194 Å². The van der Waals surface area contributed by atoms with Crippen LogP contribution in [0, 0.1) is 0 Å². The topological polar surface area (TPSA) is 191 Å². The van der Waals surface area contributed by atoms with Gasteiger partial charge in [-0.25, -0.2) is 0 Å². The van der Waals surface area contributed by atoms with Gasteiger partial charge in [-0.15, -0.1) is 0 Å². The summed E-state index contributed by atoms with van der Waals surface area (Å²) in [5.74, 6) is 8.31. The molecule has 0 aliphatic carbocycles. The van der Waals surface area contributed by atoms with E-state index in [9.17, 15) is 24.9 Å². The quantitative estimate of drug-likeness (QED) is 0.112. The van der Waals surface area contributed by atoms with Crippen molar-refractivity contribution >= 4 is 174 Å². The molecule has 1 fully saturated rings. The van der Waals surface area contributed by atoms with E-state index in [1.807, 2.05) is 212 Å². The Balaban J connectivity index is 0.0000000993. The van der Waals surface area contributed by atoms with Crippen LogP contribution in [0.1, 0.15) is 118 Å². The summed E-state index contributed by atoms with van der Waals surface area (Å²) in [5, 5.41) is 28.4. The maximum absolute atomic E-state index is 11.5. The first-order chi connectivity index (χ1) is 64.8. The predicted octanol–water partition coefficient (Wildman–Crippen LogP) is 32.4. The number of fused-ring (bicyclic) bond motifs is 26. The lowest BCUT2D eigenvalue weighted by Crippen LogP contribution is -2.18. The molecule has 8 unspecified atom stereocenters. The second kappa shape index (κ2) is 40.4. The molecule has 12 heterocycles. The molecule has 14 aromatic carbocycles. The summed E-state index contributed by atoms with van der Waals surface area (Å²) in [6.07, 6.45) is 14.4. The first-order valence-electron chi connectivity index (χ1n) is 42.6. The van der Waals surface area contributed by atoms with Crippen LogP contribution in [0.25, 0.3) is 34.4 Å². The molecule has 0 amide bonds. The third kappa shape index (κ3) is 19.3. The number of para-hydroxylation sites is 8. The maximum Gasteiger partial charge on any atom is 0.315 e. The van der Waals surface area contributed by atoms with Gasteiger partial charge in [0.1, 0.15) is 105 Å². The molecule has 133 heavy (non-hydrogen) atoms. The SMILES string of the molecule is Brc1ccc2c(c1)C(Br)C(Br)c1ccccc1O2.Brc1ccc2c(c1)C1=C(c3ccccc3O2)C2C=CC1O2.Brc1ccc2c(c1)C1=C(c3ccccc3O2)C2CCC1O2.Brc1ccc2c(c1)C=Cc1ccccc1O2.O=C(O)C1c2ccccc2Oc2ccc(Br)cc21.O=C(O)C1c2ccccc2Oc2ccccc21.OCC1c2ccccc2Oc2ccc(Br)cc21.c1ccoc1. The molecule has 0 radical (unpaired) electrons. The van der Waals surface area contributed by atoms with Crippen LogP contribution in [0.2, 0.25) is 0 Å². The van der Waals surface area contributed by atoms with Crippen molar-refractivity contribution in [3.05, 3.63) is 445 Å². The molecule has 8 atom stereocenters. The second-order valence-electron chi connectivity index (χ2n) is 31.9. The Bertz CT molecular complexity index is 6940. The first-order valence-corrected chi connectivity index (χ1v) is 49.2. The number of hydrogen-bond donors (Lipinski definition) is 3. The van der Waals surface area contributed by atoms with E-state index in [2.05, 4.69) is 211 Å². The number of rotatable bonds is 3. The van der Waals surface area contributed by atoms with Gasteiger partial charge in [0.15, 0.2) is 0 Å². The molecule has 0 spiro atoms. The minimum Gasteiger partial charge on any atom is -0.481 e. The summed E-state index contributed by atoms with van der Waals surface area (Å²) in [5.41, 5.74) is 19.1. The number of ether oxygens (including phenoxy) is 9. The molecule has 4 bridgehead atoms. The lowest BCUT2D eigenvalue weighted by Gasteiger charge is -2.27. The monoisotopic (exact) mass is 2270 g/mol. The summed E-state index contributed by atoms with van der Waals surface area (Å²) in [7, 11) is 0. The average molecular weight is 2280 g/mol. The maximum atomic E-state index is 11.5. The highest BCUT2D eigenvalue weighted by Crippen LogP contribution is 2.58. The normalized spacial score (nSPS) is 18.6. The van der Waals surface area contributed by atoms with Gasteiger partial charge in [0.05, 0.1) is 41.0 Å². The highest BCUT2D eigenvalue weighted by molar-refractivity contribution is 9.12. The summed E-state index contributed by atoms with van der Waals surface area (Å²) >= 11 is 28.4. The number of furan rings is 1. The highest BCUT2D eigenvalue weighted by atomic mass is 79.9. The molecule has 23 heteroatoms. The van der Waals surface area contributed by atoms with Gasteiger partial charge in [-0.3, -0.25) is 9.59 Å². The van der Waals surface area contributed by atoms with E-state index in [0.29, 0.717) is 45.3 Å². The smallest absolute Gasteiger partial charge is 0.315 e. The van der Waals surface area contributed by atoms with Gasteiger partial charge in [-0.1, -0.05) is 297 Å². The first kappa shape index (κ1) is 90.7. The molecule has 11 aliphatic rings. The summed E-state index contributed by atoms with van der Waals surface area (Å²) in [4.78, 5) is 23.3. The van der Waals surface area contributed by atoms with E-state index in [1.54, 1.807) is 61.1 Å². The average Bonchev–Trinajstić information content (AvgIpc) is 1.60. The molecule has 662 valence electrons. The van der Waals surface area contributed by atoms with Gasteiger partial charge >= 0.3 is 11.9 Å². The molecule has 1 aromatic heterocycles. The zero-order valence-corrected chi connectivity index (χ0v) is 82.8. The fourth-order valence-corrected chi connectivity index (χ4v) is 21.3. The summed E-state index contributed by atoms with van der Waals surface area (Å²) in [6, 6.07) is 102. The number of aliphatic hydroxyl groups excluding tert-OH is 1. The Morgan fingerprint density at radius 2 is 0.602 bits per heavy atom. The third-order valence-electron chi connectivity index (χ3n) is 23.7. The number of hydrogen-bond acceptors (Lipinski definition) is 13. The molecule has 15 aromatic rings. The summed E-state index contributed by atoms with van der Waals surface area (Å²) in [6.45, 7) is 0.0871. The van der Waals surface area contributed by atoms with Crippen molar-refractivity contribution in [2.45, 2.75) is 64.7 Å². The minimum absolute atomic E-state index is 0.00699. The Labute approximate surface area is 834 Å². The van der Waals surface area contributed by atoms with Crippen molar-refractivity contribution in [1.82, 2.24) is 0 Å². The molecule has 0 saturated carbocycles. The fourth-order valence-electron chi connectivity index (χ4n) is 17.8. The fraction of sp³-hybridized carbons (Fsp3) is 0.109. The van der Waals surface area contributed by atoms with Crippen LogP contribution in [0.5, 0.6) is 80.5 Å². The van der Waals surface area contributed by atoms with Crippen LogP contribution >= 0.6 is 127 Å². The number of aliphatic hydroxyl groups is 1. The van der Waals surface area contributed by atoms with E-state index in [4.69, 9.17) is 42.6 Å². The van der Waals surface area contributed by atoms with Gasteiger partial charge in [0, 0.05) is 122 Å². The number of carbonyl (C=O) groups is 2. The Morgan fingerprint density at radius 1 is 0.286 bits per heavy atom. The highest BCUT2D eigenvalue weighted by Gasteiger charge is 2.46. The van der Waals surface area contributed by atoms with E-state index in [0.717, 1.165) is 142 Å². The van der Waals surface area contributed by atoms with E-state index in [-0.39, 0.29) is 46.6 Å². The van der Waals surface area contributed by atoms with Crippen molar-refractivity contribution in [2.75, 3.05) is 6.61 Å². The number of carboxylic acids is 2. The van der Waals surface area contributed by atoms with Crippen molar-refractivity contribution in [3.8, 4) is 80.5 Å². The van der Waals surface area contributed by atoms with E-state index >= 15 is 0 Å². The van der Waals surface area contributed by atoms with Crippen molar-refractivity contribution in [2.24, 2.45) is 0 Å². The van der Waals surface area contributed by atoms with Gasteiger partial charge < -0.3 is 62.4 Å². The number of aliphatic carboxylic acids is 2. The van der Waals surface area contributed by atoms with Crippen LogP contribution < -0.4 is 33.2 Å². The lowest BCUT2D eigenvalue weighted by molar-refractivity contribution is -0.138. The molecule has 11 aliphatic heterocycles. The van der Waals surface area contributed by atoms with Crippen LogP contribution in [0.15, 0.2) is 371 Å². The Hall–Kier alpha value is -11.4. The van der Waals surface area contributed by atoms with Crippen LogP contribution in [-0.2, 0) is 19.1 Å². The number of benzene rings is 14. The molecular weight excluding hydrogens is 2200 g/mol. The van der Waals surface area contributed by atoms with Crippen molar-refractivity contribution in [1.29, 1.82) is 0 Å². The van der Waals surface area contributed by atoms with Crippen molar-refractivity contribution in [3.63, 3.8) is 0 Å². The number of alkyl halides is 2. The van der Waals surface area contributed by atoms with E-state index < -0.39 is 23.8 Å².